The highest BCUT2D eigenvalue weighted by Crippen LogP contribution is 2.25. The minimum atomic E-state index is -0.506. The quantitative estimate of drug-likeness (QED) is 0.876. The van der Waals surface area contributed by atoms with Crippen LogP contribution < -0.4 is 5.32 Å². The molecule has 1 saturated heterocycles. The highest BCUT2D eigenvalue weighted by atomic mass is 16.1. The van der Waals surface area contributed by atoms with Crippen LogP contribution >= 0.6 is 0 Å². The summed E-state index contributed by atoms with van der Waals surface area (Å²) in [5, 5.41) is 4.34. The molecule has 2 heterocycles. The number of ketones is 1. The number of hydrogen-bond acceptors (Lipinski definition) is 4. The lowest BCUT2D eigenvalue weighted by molar-refractivity contribution is 0.0604. The van der Waals surface area contributed by atoms with Gasteiger partial charge >= 0.3 is 0 Å². The van der Waals surface area contributed by atoms with Crippen LogP contribution in [0.25, 0.3) is 10.9 Å². The van der Waals surface area contributed by atoms with E-state index in [2.05, 4.69) is 15.2 Å². The first kappa shape index (κ1) is 14.2. The monoisotopic (exact) mass is 283 g/mol. The van der Waals surface area contributed by atoms with Gasteiger partial charge in [-0.1, -0.05) is 18.2 Å². The fourth-order valence-corrected chi connectivity index (χ4v) is 2.98. The molecule has 21 heavy (non-hydrogen) atoms. The van der Waals surface area contributed by atoms with Crippen LogP contribution in [-0.4, -0.2) is 47.4 Å². The maximum atomic E-state index is 13.1. The highest BCUT2D eigenvalue weighted by Gasteiger charge is 2.36. The Morgan fingerprint density at radius 2 is 1.90 bits per heavy atom. The molecule has 0 aliphatic carbocycles. The van der Waals surface area contributed by atoms with Gasteiger partial charge in [-0.2, -0.15) is 0 Å². The molecule has 1 aliphatic heterocycles. The molecule has 0 bridgehead atoms. The summed E-state index contributed by atoms with van der Waals surface area (Å²) in [5.74, 6) is 0.147. The van der Waals surface area contributed by atoms with Crippen LogP contribution in [0.3, 0.4) is 0 Å². The van der Waals surface area contributed by atoms with Gasteiger partial charge in [0.25, 0.3) is 0 Å². The molecule has 110 valence electrons. The number of rotatable bonds is 3. The number of hydrogen-bond donors (Lipinski definition) is 1. The van der Waals surface area contributed by atoms with Crippen molar-refractivity contribution < 1.29 is 4.79 Å². The summed E-state index contributed by atoms with van der Waals surface area (Å²) in [6.45, 7) is 7.70. The first-order valence-corrected chi connectivity index (χ1v) is 7.45. The Morgan fingerprint density at radius 3 is 2.67 bits per heavy atom. The van der Waals surface area contributed by atoms with Crippen molar-refractivity contribution >= 4 is 16.7 Å². The normalized spacial score (nSPS) is 17.0. The average Bonchev–Trinajstić information content (AvgIpc) is 2.54. The van der Waals surface area contributed by atoms with Crippen molar-refractivity contribution in [2.75, 3.05) is 26.2 Å². The largest absolute Gasteiger partial charge is 0.314 e. The SMILES string of the molecule is CC(C)(C(=O)c1cccc2cccnc12)N1CCNCC1. The van der Waals surface area contributed by atoms with E-state index in [9.17, 15) is 4.79 Å². The molecular formula is C17H21N3O. The third kappa shape index (κ3) is 2.57. The van der Waals surface area contributed by atoms with E-state index in [4.69, 9.17) is 0 Å². The Labute approximate surface area is 125 Å². The van der Waals surface area contributed by atoms with Crippen molar-refractivity contribution in [2.24, 2.45) is 0 Å². The van der Waals surface area contributed by atoms with E-state index in [0.29, 0.717) is 0 Å². The number of pyridine rings is 1. The number of para-hydroxylation sites is 1. The Kier molecular flexibility index (Phi) is 3.74. The second-order valence-electron chi connectivity index (χ2n) is 6.01. The van der Waals surface area contributed by atoms with Crippen LogP contribution in [0.15, 0.2) is 36.5 Å². The van der Waals surface area contributed by atoms with Gasteiger partial charge in [-0.05, 0) is 26.0 Å². The van der Waals surface area contributed by atoms with Crippen molar-refractivity contribution in [3.05, 3.63) is 42.1 Å². The van der Waals surface area contributed by atoms with E-state index in [0.717, 1.165) is 42.6 Å². The van der Waals surface area contributed by atoms with Gasteiger partial charge in [0.15, 0.2) is 5.78 Å². The fourth-order valence-electron chi connectivity index (χ4n) is 2.98. The lowest BCUT2D eigenvalue weighted by Crippen LogP contribution is -2.57. The minimum absolute atomic E-state index is 0.147. The zero-order valence-electron chi connectivity index (χ0n) is 12.6. The van der Waals surface area contributed by atoms with Crippen LogP contribution in [0.1, 0.15) is 24.2 Å². The first-order valence-electron chi connectivity index (χ1n) is 7.45. The summed E-state index contributed by atoms with van der Waals surface area (Å²) in [5.41, 5.74) is 1.01. The average molecular weight is 283 g/mol. The van der Waals surface area contributed by atoms with Crippen LogP contribution in [0.5, 0.6) is 0 Å². The number of piperazine rings is 1. The molecular weight excluding hydrogens is 262 g/mol. The Bertz CT molecular complexity index is 655. The van der Waals surface area contributed by atoms with Gasteiger partial charge in [-0.15, -0.1) is 0 Å². The molecule has 0 radical (unpaired) electrons. The Morgan fingerprint density at radius 1 is 1.19 bits per heavy atom. The van der Waals surface area contributed by atoms with E-state index in [1.807, 2.05) is 44.2 Å². The van der Waals surface area contributed by atoms with Crippen molar-refractivity contribution in [3.63, 3.8) is 0 Å². The standard InChI is InChI=1S/C17H21N3O/c1-17(2,20-11-9-18-10-12-20)16(21)14-7-3-5-13-6-4-8-19-15(13)14/h3-8,18H,9-12H2,1-2H3. The number of nitrogens with one attached hydrogen (secondary N) is 1. The van der Waals surface area contributed by atoms with Crippen LogP contribution in [0.4, 0.5) is 0 Å². The van der Waals surface area contributed by atoms with Gasteiger partial charge in [-0.3, -0.25) is 14.7 Å². The van der Waals surface area contributed by atoms with Crippen molar-refractivity contribution in [3.8, 4) is 0 Å². The molecule has 4 heteroatoms. The summed E-state index contributed by atoms with van der Waals surface area (Å²) < 4.78 is 0. The molecule has 0 spiro atoms. The van der Waals surface area contributed by atoms with E-state index in [1.165, 1.54) is 0 Å². The number of aromatic nitrogens is 1. The molecule has 1 fully saturated rings. The Balaban J connectivity index is 1.99. The summed E-state index contributed by atoms with van der Waals surface area (Å²) in [6, 6.07) is 9.72. The number of nitrogens with zero attached hydrogens (tertiary/aromatic N) is 2. The molecule has 4 nitrogen and oxygen atoms in total. The van der Waals surface area contributed by atoms with Gasteiger partial charge in [-0.25, -0.2) is 0 Å². The van der Waals surface area contributed by atoms with Gasteiger partial charge in [0.05, 0.1) is 11.1 Å². The van der Waals surface area contributed by atoms with Crippen LogP contribution in [-0.2, 0) is 0 Å². The molecule has 1 aliphatic rings. The lowest BCUT2D eigenvalue weighted by Gasteiger charge is -2.40. The molecule has 0 saturated carbocycles. The Hall–Kier alpha value is -1.78. The van der Waals surface area contributed by atoms with Gasteiger partial charge in [0.2, 0.25) is 0 Å². The topological polar surface area (TPSA) is 45.2 Å². The molecule has 1 aromatic heterocycles. The maximum Gasteiger partial charge on any atom is 0.184 e. The number of carbonyl (C=O) groups is 1. The summed E-state index contributed by atoms with van der Waals surface area (Å²) in [7, 11) is 0. The summed E-state index contributed by atoms with van der Waals surface area (Å²) >= 11 is 0. The number of fused-ring (bicyclic) bond motifs is 1. The smallest absolute Gasteiger partial charge is 0.184 e. The van der Waals surface area contributed by atoms with E-state index in [-0.39, 0.29) is 5.78 Å². The number of carbonyl (C=O) groups excluding carboxylic acids is 1. The molecule has 3 rings (SSSR count). The molecule has 0 atom stereocenters. The second kappa shape index (κ2) is 5.54. The maximum absolute atomic E-state index is 13.1. The highest BCUT2D eigenvalue weighted by molar-refractivity contribution is 6.10. The van der Waals surface area contributed by atoms with Gasteiger partial charge in [0.1, 0.15) is 0 Å². The van der Waals surface area contributed by atoms with Gasteiger partial charge < -0.3 is 5.32 Å². The van der Waals surface area contributed by atoms with E-state index >= 15 is 0 Å². The minimum Gasteiger partial charge on any atom is -0.314 e. The van der Waals surface area contributed by atoms with E-state index in [1.54, 1.807) is 6.20 Å². The van der Waals surface area contributed by atoms with Crippen molar-refractivity contribution in [2.45, 2.75) is 19.4 Å². The molecule has 1 aromatic carbocycles. The second-order valence-corrected chi connectivity index (χ2v) is 6.01. The van der Waals surface area contributed by atoms with Crippen molar-refractivity contribution in [1.82, 2.24) is 15.2 Å². The number of Topliss-reactive ketones (excluding diaryl/α,β-unsaturated/α-hetero) is 1. The van der Waals surface area contributed by atoms with Crippen LogP contribution in [0, 0.1) is 0 Å². The predicted octanol–water partition coefficient (Wildman–Crippen LogP) is 2.10. The lowest BCUT2D eigenvalue weighted by atomic mass is 9.89. The third-order valence-corrected chi connectivity index (χ3v) is 4.34. The van der Waals surface area contributed by atoms with Gasteiger partial charge in [0, 0.05) is 43.3 Å². The first-order chi connectivity index (χ1) is 10.1. The van der Waals surface area contributed by atoms with Crippen molar-refractivity contribution in [1.29, 1.82) is 0 Å². The third-order valence-electron chi connectivity index (χ3n) is 4.34. The molecule has 2 aromatic rings. The zero-order valence-corrected chi connectivity index (χ0v) is 12.6. The zero-order chi connectivity index (χ0) is 14.9. The summed E-state index contributed by atoms with van der Waals surface area (Å²) in [4.78, 5) is 19.7. The predicted molar refractivity (Wildman–Crippen MR) is 84.6 cm³/mol. The fraction of sp³-hybridized carbons (Fsp3) is 0.412. The molecule has 0 amide bonds. The molecule has 0 unspecified atom stereocenters. The van der Waals surface area contributed by atoms with Crippen LogP contribution in [0.2, 0.25) is 0 Å². The number of benzene rings is 1. The summed E-state index contributed by atoms with van der Waals surface area (Å²) in [6.07, 6.45) is 1.75. The molecule has 1 N–H and O–H groups in total. The van der Waals surface area contributed by atoms with E-state index < -0.39 is 5.54 Å².